The van der Waals surface area contributed by atoms with Crippen LogP contribution in [-0.2, 0) is 6.11 Å². The second-order valence-corrected chi connectivity index (χ2v) is 15.3. The van der Waals surface area contributed by atoms with Gasteiger partial charge in [0.2, 0.25) is 0 Å². The third-order valence-electron chi connectivity index (χ3n) is 11.2. The molecule has 1 aliphatic rings. The normalized spacial score (nSPS) is 16.0. The number of hydrogen-bond donors (Lipinski definition) is 0. The van der Waals surface area contributed by atoms with E-state index >= 15 is 8.78 Å². The monoisotopic (exact) mass is 790 g/mol. The molecule has 0 aliphatic heterocycles. The van der Waals surface area contributed by atoms with Crippen molar-refractivity contribution in [2.75, 3.05) is 0 Å². The van der Waals surface area contributed by atoms with Gasteiger partial charge in [-0.25, -0.2) is 30.7 Å². The van der Waals surface area contributed by atoms with E-state index in [4.69, 9.17) is 0 Å². The lowest BCUT2D eigenvalue weighted by Gasteiger charge is -2.29. The second kappa shape index (κ2) is 20.5. The number of alkyl halides is 2. The van der Waals surface area contributed by atoms with Gasteiger partial charge in [0.1, 0.15) is 34.6 Å². The van der Waals surface area contributed by atoms with Crippen molar-refractivity contribution in [3.05, 3.63) is 113 Å². The molecule has 4 aromatic carbocycles. The highest BCUT2D eigenvalue weighted by atomic mass is 19.3. The summed E-state index contributed by atoms with van der Waals surface area (Å²) < 4.78 is 135. The molecular weight excluding hydrogens is 739 g/mol. The van der Waals surface area contributed by atoms with Crippen molar-refractivity contribution >= 4 is 0 Å². The van der Waals surface area contributed by atoms with Crippen LogP contribution in [0.3, 0.4) is 0 Å². The molecule has 1 saturated carbocycles. The van der Waals surface area contributed by atoms with Crippen LogP contribution in [0.5, 0.6) is 5.75 Å². The maximum absolute atomic E-state index is 15.5. The molecule has 5 rings (SSSR count). The Morgan fingerprint density at radius 2 is 1.00 bits per heavy atom. The molecule has 0 N–H and O–H groups in total. The Labute approximate surface area is 324 Å². The van der Waals surface area contributed by atoms with E-state index in [1.807, 2.05) is 6.07 Å². The topological polar surface area (TPSA) is 9.23 Å². The average molecular weight is 791 g/mol. The molecule has 0 radical (unpaired) electrons. The summed E-state index contributed by atoms with van der Waals surface area (Å²) in [6.07, 6.45) is 18.1. The second-order valence-electron chi connectivity index (χ2n) is 15.3. The quantitative estimate of drug-likeness (QED) is 0.0492. The zero-order valence-electron chi connectivity index (χ0n) is 32.0. The Morgan fingerprint density at radius 3 is 1.54 bits per heavy atom. The summed E-state index contributed by atoms with van der Waals surface area (Å²) in [4.78, 5) is 0. The Balaban J connectivity index is 1.10. The van der Waals surface area contributed by atoms with Gasteiger partial charge in [-0.05, 0) is 78.5 Å². The highest BCUT2D eigenvalue weighted by molar-refractivity contribution is 5.72. The highest BCUT2D eigenvalue weighted by Gasteiger charge is 2.41. The number of benzene rings is 4. The smallest absolute Gasteiger partial charge is 0.429 e. The van der Waals surface area contributed by atoms with Crippen LogP contribution in [0.15, 0.2) is 60.7 Å². The molecule has 10 heteroatoms. The lowest BCUT2D eigenvalue weighted by atomic mass is 9.77. The van der Waals surface area contributed by atoms with E-state index in [2.05, 4.69) is 11.7 Å². The van der Waals surface area contributed by atoms with Crippen molar-refractivity contribution in [3.8, 4) is 28.0 Å². The number of hydrogen-bond acceptors (Lipinski definition) is 1. The van der Waals surface area contributed by atoms with Crippen LogP contribution in [0.1, 0.15) is 140 Å². The number of ether oxygens (including phenoxy) is 1. The van der Waals surface area contributed by atoms with Crippen LogP contribution >= 0.6 is 0 Å². The first-order valence-corrected chi connectivity index (χ1v) is 20.2. The predicted molar refractivity (Wildman–Crippen MR) is 203 cm³/mol. The van der Waals surface area contributed by atoms with Crippen LogP contribution in [0.2, 0.25) is 0 Å². The van der Waals surface area contributed by atoms with Gasteiger partial charge in [-0.1, -0.05) is 121 Å². The van der Waals surface area contributed by atoms with Crippen molar-refractivity contribution in [2.24, 2.45) is 5.92 Å². The van der Waals surface area contributed by atoms with E-state index in [1.165, 1.54) is 102 Å². The molecule has 1 nitrogen and oxygen atoms in total. The van der Waals surface area contributed by atoms with Crippen LogP contribution in [-0.4, -0.2) is 0 Å². The van der Waals surface area contributed by atoms with Crippen LogP contribution in [0.25, 0.3) is 22.3 Å². The van der Waals surface area contributed by atoms with Gasteiger partial charge < -0.3 is 4.74 Å². The van der Waals surface area contributed by atoms with Crippen molar-refractivity contribution in [1.29, 1.82) is 0 Å². The van der Waals surface area contributed by atoms with Crippen molar-refractivity contribution in [3.63, 3.8) is 0 Å². The molecule has 0 atom stereocenters. The summed E-state index contributed by atoms with van der Waals surface area (Å²) in [5.74, 6) is -11.1. The van der Waals surface area contributed by atoms with Gasteiger partial charge in [0, 0.05) is 23.3 Å². The minimum atomic E-state index is -4.79. The van der Waals surface area contributed by atoms with Crippen molar-refractivity contribution in [2.45, 2.75) is 135 Å². The lowest BCUT2D eigenvalue weighted by molar-refractivity contribution is -0.189. The summed E-state index contributed by atoms with van der Waals surface area (Å²) >= 11 is 0. The first kappa shape index (κ1) is 43.2. The van der Waals surface area contributed by atoms with Gasteiger partial charge in [0.25, 0.3) is 0 Å². The number of unbranched alkanes of at least 4 members (excludes halogenated alkanes) is 12. The molecule has 0 spiro atoms. The summed E-state index contributed by atoms with van der Waals surface area (Å²) in [5.41, 5.74) is -1.50. The Morgan fingerprint density at radius 1 is 0.518 bits per heavy atom. The standard InChI is InChI=1S/C46H51F9O/c1-2-3-4-5-6-7-8-9-10-11-12-13-14-15-30-16-18-31(19-17-30)32-20-22-36(38(47)24-32)33-21-23-37(39(48)25-33)34-26-40(49)44(41(50)27-34)46(54,55)56-35-28-42(51)45(53)43(52)29-35/h20-31H,2-19H2,1H3. The fourth-order valence-electron chi connectivity index (χ4n) is 7.97. The van der Waals surface area contributed by atoms with Crippen LogP contribution in [0, 0.1) is 46.6 Å². The van der Waals surface area contributed by atoms with E-state index in [1.54, 1.807) is 6.07 Å². The van der Waals surface area contributed by atoms with Gasteiger partial charge in [-0.3, -0.25) is 0 Å². The zero-order valence-corrected chi connectivity index (χ0v) is 32.0. The SMILES string of the molecule is CCCCCCCCCCCCCCCC1CCC(c2ccc(-c3ccc(-c4cc(F)c(C(F)(F)Oc5cc(F)c(F)c(F)c5)c(F)c4)c(F)c3)c(F)c2)CC1. The van der Waals surface area contributed by atoms with E-state index in [0.29, 0.717) is 18.1 Å². The summed E-state index contributed by atoms with van der Waals surface area (Å²) in [5, 5.41) is 0. The molecule has 0 aromatic heterocycles. The first-order chi connectivity index (χ1) is 26.9. The lowest BCUT2D eigenvalue weighted by Crippen LogP contribution is -2.25. The molecule has 4 aromatic rings. The number of rotatable bonds is 20. The fourth-order valence-corrected chi connectivity index (χ4v) is 7.97. The molecule has 56 heavy (non-hydrogen) atoms. The molecule has 1 aliphatic carbocycles. The van der Waals surface area contributed by atoms with Gasteiger partial charge in [0.05, 0.1) is 0 Å². The Kier molecular flexibility index (Phi) is 15.8. The average Bonchev–Trinajstić information content (AvgIpc) is 3.15. The van der Waals surface area contributed by atoms with Gasteiger partial charge in [-0.2, -0.15) is 8.78 Å². The summed E-state index contributed by atoms with van der Waals surface area (Å²) in [6.45, 7) is 2.25. The van der Waals surface area contributed by atoms with Gasteiger partial charge in [0.15, 0.2) is 17.5 Å². The molecule has 1 fully saturated rings. The Hall–Kier alpha value is -3.95. The molecular formula is C46H51F9O. The minimum Gasteiger partial charge on any atom is -0.429 e. The largest absolute Gasteiger partial charge is 0.432 e. The number of halogens is 9. The Bertz CT molecular complexity index is 1840. The summed E-state index contributed by atoms with van der Waals surface area (Å²) in [6, 6.07) is 9.52. The van der Waals surface area contributed by atoms with Crippen molar-refractivity contribution < 1.29 is 44.3 Å². The maximum Gasteiger partial charge on any atom is 0.432 e. The van der Waals surface area contributed by atoms with Crippen molar-refractivity contribution in [1.82, 2.24) is 0 Å². The van der Waals surface area contributed by atoms with Gasteiger partial charge >= 0.3 is 6.11 Å². The summed E-state index contributed by atoms with van der Waals surface area (Å²) in [7, 11) is 0. The maximum atomic E-state index is 15.5. The zero-order chi connectivity index (χ0) is 40.2. The molecule has 304 valence electrons. The molecule has 0 unspecified atom stereocenters. The fraction of sp³-hybridized carbons (Fsp3) is 0.478. The molecule has 0 amide bonds. The molecule has 0 bridgehead atoms. The van der Waals surface area contributed by atoms with Crippen LogP contribution < -0.4 is 4.74 Å². The third kappa shape index (κ3) is 11.6. The first-order valence-electron chi connectivity index (χ1n) is 20.2. The van der Waals surface area contributed by atoms with E-state index < -0.39 is 63.7 Å². The van der Waals surface area contributed by atoms with Gasteiger partial charge in [-0.15, -0.1) is 0 Å². The molecule has 0 heterocycles. The van der Waals surface area contributed by atoms with Crippen LogP contribution in [0.4, 0.5) is 39.5 Å². The highest BCUT2D eigenvalue weighted by Crippen LogP contribution is 2.41. The van der Waals surface area contributed by atoms with E-state index in [-0.39, 0.29) is 34.7 Å². The molecule has 0 saturated heterocycles. The van der Waals surface area contributed by atoms with E-state index in [0.717, 1.165) is 43.4 Å². The van der Waals surface area contributed by atoms with E-state index in [9.17, 15) is 30.7 Å². The predicted octanol–water partition coefficient (Wildman–Crippen LogP) is 15.9. The minimum absolute atomic E-state index is 0.0934. The third-order valence-corrected chi connectivity index (χ3v) is 11.2.